The highest BCUT2D eigenvalue weighted by Gasteiger charge is 2.17. The van der Waals surface area contributed by atoms with Gasteiger partial charge in [-0.15, -0.1) is 12.4 Å². The quantitative estimate of drug-likeness (QED) is 0.450. The first-order valence-corrected chi connectivity index (χ1v) is 10.3. The van der Waals surface area contributed by atoms with E-state index in [9.17, 15) is 9.90 Å². The van der Waals surface area contributed by atoms with Gasteiger partial charge in [0, 0.05) is 28.3 Å². The summed E-state index contributed by atoms with van der Waals surface area (Å²) in [4.78, 5) is 17.6. The van der Waals surface area contributed by atoms with E-state index in [-0.39, 0.29) is 23.7 Å². The topological polar surface area (TPSA) is 56.3 Å². The van der Waals surface area contributed by atoms with Crippen LogP contribution in [-0.2, 0) is 0 Å². The molecule has 0 aliphatic rings. The standard InChI is InChI=1S/C23H24N2O2S.ClH/c1-13-9-19(26)20(16-7-5-15(6-8-16)14(2)10-25(3)4)21-17-11-28-12-18(17)23(27)24-22(13)21;/h5-9,11-12,14,26H,10H2,1-4H3,(H,24,27);1H/t14-;/m0./s1. The van der Waals surface area contributed by atoms with E-state index in [1.54, 1.807) is 6.07 Å². The number of nitrogens with zero attached hydrogens (tertiary/aromatic N) is 1. The van der Waals surface area contributed by atoms with E-state index in [1.165, 1.54) is 16.9 Å². The van der Waals surface area contributed by atoms with Crippen molar-refractivity contribution in [3.05, 3.63) is 62.6 Å². The molecule has 2 aromatic heterocycles. The van der Waals surface area contributed by atoms with Crippen LogP contribution < -0.4 is 5.56 Å². The maximum atomic E-state index is 12.4. The number of fused-ring (bicyclic) bond motifs is 3. The number of rotatable bonds is 4. The SMILES string of the molecule is Cc1cc(O)c(-c2ccc([C@@H](C)CN(C)C)cc2)c2c1[nH]c(=O)c1cscc12.Cl. The predicted octanol–water partition coefficient (Wildman–Crippen LogP) is 5.51. The Labute approximate surface area is 180 Å². The van der Waals surface area contributed by atoms with Gasteiger partial charge in [-0.05, 0) is 55.1 Å². The number of benzene rings is 2. The van der Waals surface area contributed by atoms with Gasteiger partial charge in [-0.3, -0.25) is 4.79 Å². The molecule has 2 N–H and O–H groups in total. The van der Waals surface area contributed by atoms with Gasteiger partial charge in [-0.2, -0.15) is 11.3 Å². The van der Waals surface area contributed by atoms with Crippen LogP contribution in [0.3, 0.4) is 0 Å². The van der Waals surface area contributed by atoms with Crippen LogP contribution in [0.25, 0.3) is 32.8 Å². The smallest absolute Gasteiger partial charge is 0.257 e. The van der Waals surface area contributed by atoms with Crippen LogP contribution in [0.15, 0.2) is 45.9 Å². The minimum atomic E-state index is -0.0867. The number of hydrogen-bond acceptors (Lipinski definition) is 4. The number of aromatic hydroxyl groups is 1. The fraction of sp³-hybridized carbons (Fsp3) is 0.261. The van der Waals surface area contributed by atoms with E-state index in [0.29, 0.717) is 11.3 Å². The molecule has 2 heterocycles. The number of aromatic amines is 1. The Morgan fingerprint density at radius 3 is 2.45 bits per heavy atom. The molecule has 1 atom stereocenters. The third-order valence-corrected chi connectivity index (χ3v) is 6.07. The van der Waals surface area contributed by atoms with E-state index in [4.69, 9.17) is 0 Å². The molecule has 6 heteroatoms. The maximum Gasteiger partial charge on any atom is 0.257 e. The number of hydrogen-bond donors (Lipinski definition) is 2. The number of aryl methyl sites for hydroxylation is 1. The monoisotopic (exact) mass is 428 g/mol. The number of H-pyrrole nitrogens is 1. The second-order valence-electron chi connectivity index (χ2n) is 7.78. The lowest BCUT2D eigenvalue weighted by atomic mass is 9.92. The Kier molecular flexibility index (Phi) is 6.03. The maximum absolute atomic E-state index is 12.4. The lowest BCUT2D eigenvalue weighted by Gasteiger charge is -2.18. The number of phenolic OH excluding ortho intramolecular Hbond substituents is 1. The highest BCUT2D eigenvalue weighted by Crippen LogP contribution is 2.41. The van der Waals surface area contributed by atoms with Crippen molar-refractivity contribution in [1.29, 1.82) is 0 Å². The van der Waals surface area contributed by atoms with E-state index >= 15 is 0 Å². The molecule has 0 spiro atoms. The largest absolute Gasteiger partial charge is 0.507 e. The highest BCUT2D eigenvalue weighted by atomic mass is 35.5. The van der Waals surface area contributed by atoms with Gasteiger partial charge in [0.1, 0.15) is 5.75 Å². The molecule has 4 aromatic rings. The van der Waals surface area contributed by atoms with Crippen LogP contribution in [0.1, 0.15) is 24.0 Å². The van der Waals surface area contributed by atoms with Crippen LogP contribution >= 0.6 is 23.7 Å². The molecule has 0 aliphatic carbocycles. The van der Waals surface area contributed by atoms with Gasteiger partial charge < -0.3 is 15.0 Å². The van der Waals surface area contributed by atoms with Gasteiger partial charge in [0.15, 0.2) is 0 Å². The zero-order chi connectivity index (χ0) is 20.0. The first kappa shape index (κ1) is 21.4. The summed E-state index contributed by atoms with van der Waals surface area (Å²) in [6.07, 6.45) is 0. The van der Waals surface area contributed by atoms with Crippen LogP contribution in [0.2, 0.25) is 0 Å². The first-order valence-electron chi connectivity index (χ1n) is 9.36. The summed E-state index contributed by atoms with van der Waals surface area (Å²) >= 11 is 1.50. The molecular weight excluding hydrogens is 404 g/mol. The third kappa shape index (κ3) is 3.78. The summed E-state index contributed by atoms with van der Waals surface area (Å²) in [5.74, 6) is 0.658. The van der Waals surface area contributed by atoms with Crippen molar-refractivity contribution in [3.8, 4) is 16.9 Å². The number of nitrogens with one attached hydrogen (secondary N) is 1. The minimum absolute atomic E-state index is 0. The molecule has 152 valence electrons. The Bertz CT molecular complexity index is 1230. The number of aromatic nitrogens is 1. The van der Waals surface area contributed by atoms with Crippen molar-refractivity contribution in [2.45, 2.75) is 19.8 Å². The lowest BCUT2D eigenvalue weighted by Crippen LogP contribution is -2.18. The molecule has 0 unspecified atom stereocenters. The molecule has 2 aromatic carbocycles. The first-order chi connectivity index (χ1) is 13.4. The fourth-order valence-electron chi connectivity index (χ4n) is 4.00. The summed E-state index contributed by atoms with van der Waals surface area (Å²) in [5, 5.41) is 17.1. The Hall–Kier alpha value is -2.34. The molecule has 0 saturated heterocycles. The Balaban J connectivity index is 0.00000240. The zero-order valence-corrected chi connectivity index (χ0v) is 18.6. The normalized spacial score (nSPS) is 12.4. The van der Waals surface area contributed by atoms with E-state index in [0.717, 1.165) is 39.5 Å². The average molecular weight is 429 g/mol. The fourth-order valence-corrected chi connectivity index (χ4v) is 4.82. The summed E-state index contributed by atoms with van der Waals surface area (Å²) in [6.45, 7) is 5.11. The van der Waals surface area contributed by atoms with Crippen molar-refractivity contribution >= 4 is 45.4 Å². The number of phenols is 1. The van der Waals surface area contributed by atoms with Gasteiger partial charge in [-0.25, -0.2) is 0 Å². The van der Waals surface area contributed by atoms with E-state index in [1.807, 2.05) is 17.7 Å². The molecule has 4 rings (SSSR count). The molecular formula is C23H25ClN2O2S. The molecule has 0 bridgehead atoms. The molecule has 0 aliphatic heterocycles. The summed E-state index contributed by atoms with van der Waals surface area (Å²) in [6, 6.07) is 10.1. The van der Waals surface area contributed by atoms with Gasteiger partial charge in [-0.1, -0.05) is 31.2 Å². The third-order valence-electron chi connectivity index (χ3n) is 5.33. The zero-order valence-electron chi connectivity index (χ0n) is 16.9. The second-order valence-corrected chi connectivity index (χ2v) is 8.52. The number of thiophene rings is 1. The van der Waals surface area contributed by atoms with Crippen molar-refractivity contribution in [3.63, 3.8) is 0 Å². The lowest BCUT2D eigenvalue weighted by molar-refractivity contribution is 0.383. The molecule has 29 heavy (non-hydrogen) atoms. The number of pyridine rings is 1. The summed E-state index contributed by atoms with van der Waals surface area (Å²) < 4.78 is 0. The van der Waals surface area contributed by atoms with Crippen LogP contribution in [0.5, 0.6) is 5.75 Å². The second kappa shape index (κ2) is 8.19. The van der Waals surface area contributed by atoms with Crippen molar-refractivity contribution in [1.82, 2.24) is 9.88 Å². The van der Waals surface area contributed by atoms with Crippen LogP contribution in [-0.4, -0.2) is 35.6 Å². The molecule has 0 radical (unpaired) electrons. The molecule has 4 nitrogen and oxygen atoms in total. The van der Waals surface area contributed by atoms with Gasteiger partial charge >= 0.3 is 0 Å². The molecule has 0 saturated carbocycles. The minimum Gasteiger partial charge on any atom is -0.507 e. The van der Waals surface area contributed by atoms with Crippen LogP contribution in [0.4, 0.5) is 0 Å². The van der Waals surface area contributed by atoms with Crippen LogP contribution in [0, 0.1) is 6.92 Å². The Morgan fingerprint density at radius 2 is 1.79 bits per heavy atom. The van der Waals surface area contributed by atoms with Gasteiger partial charge in [0.25, 0.3) is 5.56 Å². The van der Waals surface area contributed by atoms with E-state index in [2.05, 4.69) is 55.2 Å². The predicted molar refractivity (Wildman–Crippen MR) is 126 cm³/mol. The summed E-state index contributed by atoms with van der Waals surface area (Å²) in [5.41, 5.74) is 4.54. The number of likely N-dealkylation sites (N-methyl/N-ethyl adjacent to an activating group) is 1. The van der Waals surface area contributed by atoms with E-state index < -0.39 is 0 Å². The average Bonchev–Trinajstić information content (AvgIpc) is 3.13. The molecule has 0 amide bonds. The van der Waals surface area contributed by atoms with Gasteiger partial charge in [0.2, 0.25) is 0 Å². The Morgan fingerprint density at radius 1 is 1.14 bits per heavy atom. The van der Waals surface area contributed by atoms with Gasteiger partial charge in [0.05, 0.1) is 10.9 Å². The number of halogens is 1. The van der Waals surface area contributed by atoms with Crippen molar-refractivity contribution in [2.24, 2.45) is 0 Å². The van der Waals surface area contributed by atoms with Crippen molar-refractivity contribution < 1.29 is 5.11 Å². The highest BCUT2D eigenvalue weighted by molar-refractivity contribution is 7.09. The summed E-state index contributed by atoms with van der Waals surface area (Å²) in [7, 11) is 4.16. The van der Waals surface area contributed by atoms with Crippen molar-refractivity contribution in [2.75, 3.05) is 20.6 Å². The molecule has 0 fully saturated rings.